The predicted molar refractivity (Wildman–Crippen MR) is 103 cm³/mol. The number of carbonyl (C=O) groups excluding carboxylic acids is 1. The van der Waals surface area contributed by atoms with E-state index in [0.29, 0.717) is 18.4 Å². The quantitative estimate of drug-likeness (QED) is 0.801. The van der Waals surface area contributed by atoms with Crippen molar-refractivity contribution in [3.8, 4) is 0 Å². The highest BCUT2D eigenvalue weighted by atomic mass is 16.6. The van der Waals surface area contributed by atoms with E-state index in [1.54, 1.807) is 4.90 Å². The first-order valence-corrected chi connectivity index (χ1v) is 9.04. The van der Waals surface area contributed by atoms with Gasteiger partial charge in [-0.05, 0) is 18.1 Å². The van der Waals surface area contributed by atoms with Crippen LogP contribution in [0.15, 0.2) is 54.6 Å². The molecule has 27 heavy (non-hydrogen) atoms. The highest BCUT2D eigenvalue weighted by Gasteiger charge is 2.43. The van der Waals surface area contributed by atoms with Crippen molar-refractivity contribution in [1.29, 1.82) is 0 Å². The first kappa shape index (κ1) is 19.0. The van der Waals surface area contributed by atoms with Crippen LogP contribution in [0.2, 0.25) is 0 Å². The van der Waals surface area contributed by atoms with E-state index in [1.807, 2.05) is 61.5 Å². The van der Waals surface area contributed by atoms with Crippen LogP contribution in [-0.2, 0) is 15.1 Å². The number of benzene rings is 2. The van der Waals surface area contributed by atoms with Crippen LogP contribution in [0, 0.1) is 0 Å². The zero-order chi connectivity index (χ0) is 19.4. The van der Waals surface area contributed by atoms with E-state index >= 15 is 0 Å². The third-order valence-corrected chi connectivity index (χ3v) is 5.20. The maximum Gasteiger partial charge on any atom is 0.411 e. The van der Waals surface area contributed by atoms with Gasteiger partial charge in [0.1, 0.15) is 13.4 Å². The van der Waals surface area contributed by atoms with E-state index < -0.39 is 17.7 Å². The molecule has 0 aliphatic carbocycles. The smallest absolute Gasteiger partial charge is 0.411 e. The van der Waals surface area contributed by atoms with Crippen molar-refractivity contribution >= 4 is 25.4 Å². The molecule has 1 amide bonds. The van der Waals surface area contributed by atoms with E-state index in [4.69, 9.17) is 17.7 Å². The topological polar surface area (TPSA) is 66.8 Å². The van der Waals surface area contributed by atoms with Gasteiger partial charge < -0.3 is 14.7 Å². The molecule has 2 aromatic rings. The van der Waals surface area contributed by atoms with Gasteiger partial charge in [0.25, 0.3) is 0 Å². The van der Waals surface area contributed by atoms with E-state index in [2.05, 4.69) is 0 Å². The second-order valence-electron chi connectivity index (χ2n) is 6.91. The lowest BCUT2D eigenvalue weighted by Gasteiger charge is -2.43. The van der Waals surface area contributed by atoms with Crippen LogP contribution in [-0.4, -0.2) is 36.5 Å². The molecule has 1 aliphatic rings. The zero-order valence-electron chi connectivity index (χ0n) is 15.3. The Morgan fingerprint density at radius 2 is 1.89 bits per heavy atom. The summed E-state index contributed by atoms with van der Waals surface area (Å²) in [7, 11) is 5.74. The molecule has 1 fully saturated rings. The molecule has 2 aromatic carbocycles. The molecule has 1 N–H and O–H groups in total. The average Bonchev–Trinajstić information content (AvgIpc) is 2.67. The molecule has 1 saturated heterocycles. The summed E-state index contributed by atoms with van der Waals surface area (Å²) in [4.78, 5) is 25.6. The first-order chi connectivity index (χ1) is 12.9. The number of ether oxygens (including phenoxy) is 1. The Morgan fingerprint density at radius 1 is 1.22 bits per heavy atom. The number of cyclic esters (lactones) is 1. The normalized spacial score (nSPS) is 20.8. The van der Waals surface area contributed by atoms with Crippen molar-refractivity contribution in [1.82, 2.24) is 4.90 Å². The zero-order valence-corrected chi connectivity index (χ0v) is 15.3. The molecule has 2 radical (unpaired) electrons. The van der Waals surface area contributed by atoms with Gasteiger partial charge in [-0.25, -0.2) is 4.79 Å². The van der Waals surface area contributed by atoms with Gasteiger partial charge in [-0.3, -0.25) is 4.79 Å². The molecule has 138 valence electrons. The molecule has 2 atom stereocenters. The Balaban J connectivity index is 1.82. The predicted octanol–water partition coefficient (Wildman–Crippen LogP) is 3.14. The molecular formula is C21H22BNO4. The molecule has 0 saturated carbocycles. The fourth-order valence-electron chi connectivity index (χ4n) is 3.55. The van der Waals surface area contributed by atoms with Gasteiger partial charge in [-0.15, -0.1) is 0 Å². The Labute approximate surface area is 160 Å². The molecule has 5 nitrogen and oxygen atoms in total. The van der Waals surface area contributed by atoms with E-state index in [0.717, 1.165) is 11.1 Å². The van der Waals surface area contributed by atoms with E-state index in [-0.39, 0.29) is 18.9 Å². The summed E-state index contributed by atoms with van der Waals surface area (Å²) < 4.78 is 5.89. The van der Waals surface area contributed by atoms with Crippen LogP contribution in [0.3, 0.4) is 0 Å². The van der Waals surface area contributed by atoms with Crippen molar-refractivity contribution in [3.05, 3.63) is 65.7 Å². The second kappa shape index (κ2) is 7.86. The highest BCUT2D eigenvalue weighted by molar-refractivity contribution is 6.32. The molecule has 2 unspecified atom stereocenters. The maximum atomic E-state index is 12.8. The van der Waals surface area contributed by atoms with Gasteiger partial charge in [0.05, 0.1) is 6.04 Å². The number of hydrogen-bond donors (Lipinski definition) is 1. The monoisotopic (exact) mass is 363 g/mol. The highest BCUT2D eigenvalue weighted by Crippen LogP contribution is 2.40. The van der Waals surface area contributed by atoms with E-state index in [9.17, 15) is 9.59 Å². The molecule has 1 heterocycles. The molecule has 0 spiro atoms. The second-order valence-corrected chi connectivity index (χ2v) is 6.91. The largest absolute Gasteiger partial charge is 0.481 e. The maximum absolute atomic E-state index is 12.8. The number of hydrogen-bond acceptors (Lipinski definition) is 3. The van der Waals surface area contributed by atoms with Crippen LogP contribution in [0.25, 0.3) is 0 Å². The molecular weight excluding hydrogens is 341 g/mol. The number of carbonyl (C=O) groups is 2. The minimum absolute atomic E-state index is 0.0598. The molecule has 3 rings (SSSR count). The van der Waals surface area contributed by atoms with Crippen LogP contribution in [0.4, 0.5) is 4.79 Å². The lowest BCUT2D eigenvalue weighted by atomic mass is 9.84. The number of carboxylic acid groups (broad SMARTS) is 1. The fraction of sp³-hybridized carbons (Fsp3) is 0.333. The SMILES string of the molecule is [B]c1ccc(C(C)N2CCC(CCC(=O)O)(c3ccccc3)OC2=O)cc1. The average molecular weight is 363 g/mol. The number of carboxylic acids is 1. The summed E-state index contributed by atoms with van der Waals surface area (Å²) in [6.45, 7) is 2.43. The molecule has 0 bridgehead atoms. The van der Waals surface area contributed by atoms with Gasteiger partial charge in [-0.2, -0.15) is 0 Å². The van der Waals surface area contributed by atoms with Crippen molar-refractivity contribution in [3.63, 3.8) is 0 Å². The molecule has 1 aliphatic heterocycles. The van der Waals surface area contributed by atoms with Gasteiger partial charge in [0, 0.05) is 25.8 Å². The third-order valence-electron chi connectivity index (χ3n) is 5.20. The summed E-state index contributed by atoms with van der Waals surface area (Å²) in [5.74, 6) is -0.904. The Hall–Kier alpha value is -2.76. The lowest BCUT2D eigenvalue weighted by Crippen LogP contribution is -2.49. The summed E-state index contributed by atoms with van der Waals surface area (Å²) >= 11 is 0. The summed E-state index contributed by atoms with van der Waals surface area (Å²) in [5.41, 5.74) is 1.57. The fourth-order valence-corrected chi connectivity index (χ4v) is 3.55. The minimum atomic E-state index is -0.909. The summed E-state index contributed by atoms with van der Waals surface area (Å²) in [6.07, 6.45) is 0.299. The van der Waals surface area contributed by atoms with Gasteiger partial charge >= 0.3 is 12.1 Å². The first-order valence-electron chi connectivity index (χ1n) is 9.04. The Morgan fingerprint density at radius 3 is 2.48 bits per heavy atom. The number of nitrogens with zero attached hydrogens (tertiary/aromatic N) is 1. The lowest BCUT2D eigenvalue weighted by molar-refractivity contribution is -0.139. The van der Waals surface area contributed by atoms with Gasteiger partial charge in [0.15, 0.2) is 0 Å². The molecule has 0 aromatic heterocycles. The van der Waals surface area contributed by atoms with Crippen molar-refractivity contribution in [2.45, 2.75) is 37.8 Å². The van der Waals surface area contributed by atoms with E-state index in [1.165, 1.54) is 0 Å². The molecule has 6 heteroatoms. The van der Waals surface area contributed by atoms with Crippen molar-refractivity contribution in [2.24, 2.45) is 0 Å². The third kappa shape index (κ3) is 4.16. The van der Waals surface area contributed by atoms with Crippen LogP contribution in [0.5, 0.6) is 0 Å². The van der Waals surface area contributed by atoms with Crippen LogP contribution in [0.1, 0.15) is 43.4 Å². The van der Waals surface area contributed by atoms with Crippen LogP contribution < -0.4 is 5.46 Å². The van der Waals surface area contributed by atoms with Gasteiger partial charge in [0.2, 0.25) is 0 Å². The standard InChI is InChI=1S/C21H22BNO4/c1-15(16-7-9-18(22)10-8-16)23-14-13-21(27-20(23)26,12-11-19(24)25)17-5-3-2-4-6-17/h2-10,15H,11-14H2,1H3,(H,24,25). The van der Waals surface area contributed by atoms with Crippen LogP contribution >= 0.6 is 0 Å². The van der Waals surface area contributed by atoms with Gasteiger partial charge in [-0.1, -0.05) is 60.1 Å². The number of aliphatic carboxylic acids is 1. The Kier molecular flexibility index (Phi) is 5.54. The summed E-state index contributed by atoms with van der Waals surface area (Å²) in [6, 6.07) is 16.6. The van der Waals surface area contributed by atoms with Crippen molar-refractivity contribution in [2.75, 3.05) is 6.54 Å². The number of rotatable bonds is 6. The van der Waals surface area contributed by atoms with Crippen molar-refractivity contribution < 1.29 is 19.4 Å². The number of amides is 1. The Bertz CT molecular complexity index is 809. The summed E-state index contributed by atoms with van der Waals surface area (Å²) in [5, 5.41) is 9.12. The minimum Gasteiger partial charge on any atom is -0.481 e.